The summed E-state index contributed by atoms with van der Waals surface area (Å²) in [6, 6.07) is 3.67. The number of benzene rings is 1. The van der Waals surface area contributed by atoms with Gasteiger partial charge in [-0.3, -0.25) is 4.79 Å². The van der Waals surface area contributed by atoms with Gasteiger partial charge in [0, 0.05) is 26.2 Å². The van der Waals surface area contributed by atoms with E-state index in [2.05, 4.69) is 5.32 Å². The Hall–Kier alpha value is -1.36. The topological polar surface area (TPSA) is 69.7 Å². The number of nitrogens with zero attached hydrogens (tertiary/aromatic N) is 2. The quantitative estimate of drug-likeness (QED) is 0.822. The fraction of sp³-hybridized carbons (Fsp3) is 0.500. The molecule has 0 bridgehead atoms. The van der Waals surface area contributed by atoms with Crippen molar-refractivity contribution in [2.24, 2.45) is 0 Å². The molecule has 0 saturated carbocycles. The van der Waals surface area contributed by atoms with Gasteiger partial charge >= 0.3 is 6.18 Å². The number of carbonyl (C=O) groups is 1. The average Bonchev–Trinajstić information content (AvgIpc) is 2.54. The Morgan fingerprint density at radius 2 is 1.80 bits per heavy atom. The van der Waals surface area contributed by atoms with Crippen LogP contribution in [0.1, 0.15) is 5.56 Å². The first-order chi connectivity index (χ1) is 11.2. The highest BCUT2D eigenvalue weighted by Gasteiger charge is 2.34. The van der Waals surface area contributed by atoms with Crippen molar-refractivity contribution in [3.05, 3.63) is 29.8 Å². The first-order valence-corrected chi connectivity index (χ1v) is 8.70. The SMILES string of the molecule is CNCC(=O)N1CCN(S(=O)(=O)c2cccc(C(F)(F)F)c2)CC1.Cl. The molecule has 1 amide bonds. The minimum atomic E-state index is -4.61. The van der Waals surface area contributed by atoms with Gasteiger partial charge < -0.3 is 10.2 Å². The number of piperazine rings is 1. The minimum Gasteiger partial charge on any atom is -0.339 e. The monoisotopic (exact) mass is 401 g/mol. The lowest BCUT2D eigenvalue weighted by atomic mass is 10.2. The summed E-state index contributed by atoms with van der Waals surface area (Å²) in [4.78, 5) is 12.9. The number of hydrogen-bond donors (Lipinski definition) is 1. The zero-order chi connectivity index (χ0) is 18.0. The lowest BCUT2D eigenvalue weighted by Crippen LogP contribution is -2.52. The van der Waals surface area contributed by atoms with E-state index in [0.717, 1.165) is 22.5 Å². The third-order valence-electron chi connectivity index (χ3n) is 3.72. The molecule has 25 heavy (non-hydrogen) atoms. The van der Waals surface area contributed by atoms with Crippen molar-refractivity contribution in [3.8, 4) is 0 Å². The largest absolute Gasteiger partial charge is 0.416 e. The molecule has 0 spiro atoms. The standard InChI is InChI=1S/C14H18F3N3O3S.ClH/c1-18-10-13(21)19-5-7-20(8-6-19)24(22,23)12-4-2-3-11(9-12)14(15,16)17;/h2-4,9,18H,5-8,10H2,1H3;1H. The molecule has 6 nitrogen and oxygen atoms in total. The summed E-state index contributed by atoms with van der Waals surface area (Å²) < 4.78 is 64.4. The van der Waals surface area contributed by atoms with Crippen LogP contribution in [-0.4, -0.2) is 63.3 Å². The molecule has 1 fully saturated rings. The fourth-order valence-electron chi connectivity index (χ4n) is 2.42. The van der Waals surface area contributed by atoms with E-state index in [1.54, 1.807) is 7.05 Å². The van der Waals surface area contributed by atoms with E-state index in [0.29, 0.717) is 6.07 Å². The van der Waals surface area contributed by atoms with E-state index in [1.165, 1.54) is 4.90 Å². The average molecular weight is 402 g/mol. The molecule has 1 N–H and O–H groups in total. The molecule has 0 aliphatic carbocycles. The highest BCUT2D eigenvalue weighted by Crippen LogP contribution is 2.31. The van der Waals surface area contributed by atoms with Gasteiger partial charge in [0.1, 0.15) is 0 Å². The lowest BCUT2D eigenvalue weighted by Gasteiger charge is -2.34. The van der Waals surface area contributed by atoms with Crippen LogP contribution in [0.15, 0.2) is 29.2 Å². The number of alkyl halides is 3. The summed E-state index contributed by atoms with van der Waals surface area (Å²) in [5, 5.41) is 2.72. The summed E-state index contributed by atoms with van der Waals surface area (Å²) in [6.45, 7) is 0.667. The fourth-order valence-corrected chi connectivity index (χ4v) is 3.89. The number of likely N-dealkylation sites (N-methyl/N-ethyl adjacent to an activating group) is 1. The van der Waals surface area contributed by atoms with Crippen LogP contribution in [0, 0.1) is 0 Å². The van der Waals surface area contributed by atoms with Gasteiger partial charge in [0.05, 0.1) is 17.0 Å². The van der Waals surface area contributed by atoms with E-state index >= 15 is 0 Å². The predicted molar refractivity (Wildman–Crippen MR) is 88.0 cm³/mol. The number of sulfonamides is 1. The molecule has 142 valence electrons. The van der Waals surface area contributed by atoms with E-state index in [9.17, 15) is 26.4 Å². The summed E-state index contributed by atoms with van der Waals surface area (Å²) in [5.74, 6) is -0.145. The van der Waals surface area contributed by atoms with Crippen LogP contribution in [0.3, 0.4) is 0 Å². The highest BCUT2D eigenvalue weighted by molar-refractivity contribution is 7.89. The van der Waals surface area contributed by atoms with Crippen LogP contribution in [0.2, 0.25) is 0 Å². The molecule has 1 aromatic carbocycles. The molecule has 1 aromatic rings. The van der Waals surface area contributed by atoms with Crippen molar-refractivity contribution in [1.82, 2.24) is 14.5 Å². The Labute approximate surface area is 150 Å². The van der Waals surface area contributed by atoms with Crippen molar-refractivity contribution in [3.63, 3.8) is 0 Å². The van der Waals surface area contributed by atoms with Crippen LogP contribution >= 0.6 is 12.4 Å². The first-order valence-electron chi connectivity index (χ1n) is 7.26. The molecule has 0 radical (unpaired) electrons. The normalized spacial score (nSPS) is 16.4. The number of rotatable bonds is 4. The summed E-state index contributed by atoms with van der Waals surface area (Å²) >= 11 is 0. The molecule has 0 atom stereocenters. The number of halogens is 4. The molecule has 1 saturated heterocycles. The van der Waals surface area contributed by atoms with Crippen molar-refractivity contribution in [2.75, 3.05) is 39.8 Å². The smallest absolute Gasteiger partial charge is 0.339 e. The number of amides is 1. The molecule has 0 unspecified atom stereocenters. The third kappa shape index (κ3) is 5.06. The molecule has 0 aromatic heterocycles. The van der Waals surface area contributed by atoms with Gasteiger partial charge in [0.25, 0.3) is 0 Å². The van der Waals surface area contributed by atoms with Crippen molar-refractivity contribution < 1.29 is 26.4 Å². The molecular weight excluding hydrogens is 383 g/mol. The van der Waals surface area contributed by atoms with E-state index in [-0.39, 0.29) is 51.0 Å². The van der Waals surface area contributed by atoms with E-state index in [4.69, 9.17) is 0 Å². The first kappa shape index (κ1) is 21.7. The highest BCUT2D eigenvalue weighted by atomic mass is 35.5. The number of nitrogens with one attached hydrogen (secondary N) is 1. The molecule has 1 aliphatic rings. The second-order valence-corrected chi connectivity index (χ2v) is 7.28. The third-order valence-corrected chi connectivity index (χ3v) is 5.61. The van der Waals surface area contributed by atoms with E-state index < -0.39 is 26.7 Å². The Bertz CT molecular complexity index is 705. The second kappa shape index (κ2) is 8.35. The Morgan fingerprint density at radius 3 is 2.32 bits per heavy atom. The summed E-state index contributed by atoms with van der Waals surface area (Å²) in [7, 11) is -2.40. The molecule has 1 aliphatic heterocycles. The van der Waals surface area contributed by atoms with Gasteiger partial charge in [0.15, 0.2) is 0 Å². The second-order valence-electron chi connectivity index (χ2n) is 5.34. The lowest BCUT2D eigenvalue weighted by molar-refractivity contribution is -0.137. The Morgan fingerprint density at radius 1 is 1.20 bits per heavy atom. The van der Waals surface area contributed by atoms with Crippen LogP contribution in [-0.2, 0) is 21.0 Å². The maximum atomic E-state index is 12.8. The van der Waals surface area contributed by atoms with Crippen LogP contribution in [0.5, 0.6) is 0 Å². The van der Waals surface area contributed by atoms with Gasteiger partial charge in [-0.2, -0.15) is 17.5 Å². The van der Waals surface area contributed by atoms with Gasteiger partial charge in [-0.25, -0.2) is 8.42 Å². The summed E-state index contributed by atoms with van der Waals surface area (Å²) in [5.41, 5.74) is -1.01. The molecule has 11 heteroatoms. The minimum absolute atomic E-state index is 0. The number of carbonyl (C=O) groups excluding carboxylic acids is 1. The Balaban J connectivity index is 0.00000312. The van der Waals surface area contributed by atoms with Crippen molar-refractivity contribution in [2.45, 2.75) is 11.1 Å². The van der Waals surface area contributed by atoms with Gasteiger partial charge in [-0.15, -0.1) is 12.4 Å². The van der Waals surface area contributed by atoms with Crippen LogP contribution in [0.25, 0.3) is 0 Å². The molecule has 1 heterocycles. The summed E-state index contributed by atoms with van der Waals surface area (Å²) in [6.07, 6.45) is -4.61. The molecule has 2 rings (SSSR count). The zero-order valence-electron chi connectivity index (χ0n) is 13.4. The van der Waals surface area contributed by atoms with Gasteiger partial charge in [0.2, 0.25) is 15.9 Å². The zero-order valence-corrected chi connectivity index (χ0v) is 15.0. The van der Waals surface area contributed by atoms with Crippen molar-refractivity contribution >= 4 is 28.3 Å². The predicted octanol–water partition coefficient (Wildman–Crippen LogP) is 1.18. The Kier molecular flexibility index (Phi) is 7.24. The van der Waals surface area contributed by atoms with Crippen LogP contribution in [0.4, 0.5) is 13.2 Å². The van der Waals surface area contributed by atoms with Gasteiger partial charge in [-0.05, 0) is 25.2 Å². The van der Waals surface area contributed by atoms with E-state index in [1.807, 2.05) is 0 Å². The van der Waals surface area contributed by atoms with Crippen molar-refractivity contribution in [1.29, 1.82) is 0 Å². The number of hydrogen-bond acceptors (Lipinski definition) is 4. The molecular formula is C14H19ClF3N3O3S. The maximum Gasteiger partial charge on any atom is 0.416 e. The maximum absolute atomic E-state index is 12.8. The van der Waals surface area contributed by atoms with Gasteiger partial charge in [-0.1, -0.05) is 6.07 Å². The van der Waals surface area contributed by atoms with Crippen LogP contribution < -0.4 is 5.32 Å².